The molecule has 1 rings (SSSR count). The number of anilines is 1. The van der Waals surface area contributed by atoms with Crippen molar-refractivity contribution in [3.05, 3.63) is 28.2 Å². The fraction of sp³-hybridized carbons (Fsp3) is 0.667. The first-order valence-corrected chi connectivity index (χ1v) is 8.96. The highest BCUT2D eigenvalue weighted by molar-refractivity contribution is 9.10. The second-order valence-corrected chi connectivity index (χ2v) is 7.58. The second-order valence-electron chi connectivity index (χ2n) is 6.66. The Morgan fingerprint density at radius 3 is 2.10 bits per heavy atom. The molecule has 2 N–H and O–H groups in total. The predicted octanol–water partition coefficient (Wildman–Crippen LogP) is 4.85. The van der Waals surface area contributed by atoms with E-state index in [0.29, 0.717) is 6.54 Å². The van der Waals surface area contributed by atoms with Crippen molar-refractivity contribution in [1.82, 2.24) is 0 Å². The number of benzene rings is 1. The smallest absolute Gasteiger partial charge is 0.0400 e. The lowest BCUT2D eigenvalue weighted by atomic mass is 10.0. The van der Waals surface area contributed by atoms with Crippen molar-refractivity contribution in [3.8, 4) is 0 Å². The van der Waals surface area contributed by atoms with Gasteiger partial charge < -0.3 is 10.6 Å². The van der Waals surface area contributed by atoms with Crippen LogP contribution in [0.3, 0.4) is 0 Å². The molecule has 0 aromatic heterocycles. The maximum atomic E-state index is 5.79. The van der Waals surface area contributed by atoms with Gasteiger partial charge in [0.1, 0.15) is 0 Å². The summed E-state index contributed by atoms with van der Waals surface area (Å²) in [5.74, 6) is 1.47. The highest BCUT2D eigenvalue weighted by atomic mass is 79.9. The molecule has 0 aliphatic heterocycles. The largest absolute Gasteiger partial charge is 0.371 e. The van der Waals surface area contributed by atoms with E-state index >= 15 is 0 Å². The van der Waals surface area contributed by atoms with Crippen LogP contribution in [0.1, 0.15) is 46.1 Å². The van der Waals surface area contributed by atoms with E-state index in [1.54, 1.807) is 0 Å². The Bertz CT molecular complexity index is 404. The van der Waals surface area contributed by atoms with E-state index in [1.165, 1.54) is 24.1 Å². The molecule has 0 saturated heterocycles. The van der Waals surface area contributed by atoms with Crippen LogP contribution < -0.4 is 10.6 Å². The van der Waals surface area contributed by atoms with Crippen LogP contribution in [0.2, 0.25) is 0 Å². The first-order valence-electron chi connectivity index (χ1n) is 8.17. The van der Waals surface area contributed by atoms with Gasteiger partial charge in [0.2, 0.25) is 0 Å². The minimum absolute atomic E-state index is 0.700. The van der Waals surface area contributed by atoms with Gasteiger partial charge in [-0.15, -0.1) is 0 Å². The van der Waals surface area contributed by atoms with Crippen LogP contribution in [0, 0.1) is 11.8 Å². The molecule has 0 fully saturated rings. The molecule has 2 nitrogen and oxygen atoms in total. The van der Waals surface area contributed by atoms with E-state index in [4.69, 9.17) is 5.73 Å². The molecule has 0 saturated carbocycles. The molecule has 0 bridgehead atoms. The van der Waals surface area contributed by atoms with Crippen LogP contribution in [0.25, 0.3) is 0 Å². The fourth-order valence-corrected chi connectivity index (χ4v) is 2.81. The Hall–Kier alpha value is -0.540. The Kier molecular flexibility index (Phi) is 8.35. The number of halogens is 1. The van der Waals surface area contributed by atoms with Gasteiger partial charge in [-0.3, -0.25) is 0 Å². The normalized spacial score (nSPS) is 11.4. The van der Waals surface area contributed by atoms with Crippen molar-refractivity contribution >= 4 is 21.6 Å². The molecule has 1 aromatic rings. The van der Waals surface area contributed by atoms with Gasteiger partial charge in [-0.2, -0.15) is 0 Å². The highest BCUT2D eigenvalue weighted by Gasteiger charge is 2.13. The molecule has 0 atom stereocenters. The number of nitrogens with two attached hydrogens (primary N) is 1. The lowest BCUT2D eigenvalue weighted by Gasteiger charge is -2.29. The van der Waals surface area contributed by atoms with E-state index in [0.717, 1.165) is 35.8 Å². The van der Waals surface area contributed by atoms with Crippen molar-refractivity contribution in [2.24, 2.45) is 17.6 Å². The Balaban J connectivity index is 2.93. The predicted molar refractivity (Wildman–Crippen MR) is 98.0 cm³/mol. The number of hydrogen-bond acceptors (Lipinski definition) is 2. The van der Waals surface area contributed by atoms with Crippen LogP contribution in [0.5, 0.6) is 0 Å². The molecule has 120 valence electrons. The Morgan fingerprint density at radius 1 is 1.05 bits per heavy atom. The van der Waals surface area contributed by atoms with E-state index in [2.05, 4.69) is 66.7 Å². The van der Waals surface area contributed by atoms with E-state index in [9.17, 15) is 0 Å². The number of nitrogens with zero attached hydrogens (tertiary/aromatic N) is 1. The van der Waals surface area contributed by atoms with Crippen LogP contribution >= 0.6 is 15.9 Å². The summed E-state index contributed by atoms with van der Waals surface area (Å²) in [4.78, 5) is 2.55. The molecular formula is C18H31BrN2. The van der Waals surface area contributed by atoms with Crippen LogP contribution in [-0.4, -0.2) is 19.6 Å². The van der Waals surface area contributed by atoms with Gasteiger partial charge in [0.25, 0.3) is 0 Å². The Morgan fingerprint density at radius 2 is 1.62 bits per heavy atom. The van der Waals surface area contributed by atoms with Crippen molar-refractivity contribution in [2.75, 3.05) is 24.5 Å². The van der Waals surface area contributed by atoms with Gasteiger partial charge in [0, 0.05) is 23.2 Å². The minimum atomic E-state index is 0.700. The first-order chi connectivity index (χ1) is 9.93. The molecule has 0 radical (unpaired) electrons. The van der Waals surface area contributed by atoms with E-state index in [1.807, 2.05) is 0 Å². The van der Waals surface area contributed by atoms with Gasteiger partial charge >= 0.3 is 0 Å². The monoisotopic (exact) mass is 354 g/mol. The van der Waals surface area contributed by atoms with Crippen molar-refractivity contribution in [3.63, 3.8) is 0 Å². The fourth-order valence-electron chi connectivity index (χ4n) is 2.40. The topological polar surface area (TPSA) is 29.3 Å². The molecule has 0 amide bonds. The summed E-state index contributed by atoms with van der Waals surface area (Å²) in [6.45, 7) is 12.1. The second kappa shape index (κ2) is 9.47. The lowest BCUT2D eigenvalue weighted by molar-refractivity contribution is 0.534. The summed E-state index contributed by atoms with van der Waals surface area (Å²) in [6.07, 6.45) is 3.40. The third-order valence-corrected chi connectivity index (χ3v) is 4.24. The minimum Gasteiger partial charge on any atom is -0.371 e. The molecule has 0 spiro atoms. The SMILES string of the molecule is CC(C)CCN(CCC(C)C)c1ccc(Br)cc1CCN. The molecule has 0 aliphatic rings. The summed E-state index contributed by atoms with van der Waals surface area (Å²) >= 11 is 3.58. The van der Waals surface area contributed by atoms with E-state index in [-0.39, 0.29) is 0 Å². The van der Waals surface area contributed by atoms with Crippen molar-refractivity contribution in [1.29, 1.82) is 0 Å². The molecule has 0 heterocycles. The summed E-state index contributed by atoms with van der Waals surface area (Å²) < 4.78 is 1.14. The summed E-state index contributed by atoms with van der Waals surface area (Å²) in [5, 5.41) is 0. The van der Waals surface area contributed by atoms with Crippen LogP contribution in [-0.2, 0) is 6.42 Å². The van der Waals surface area contributed by atoms with Gasteiger partial charge in [-0.1, -0.05) is 43.6 Å². The molecule has 1 aromatic carbocycles. The van der Waals surface area contributed by atoms with Crippen LogP contribution in [0.15, 0.2) is 22.7 Å². The number of hydrogen-bond donors (Lipinski definition) is 1. The lowest BCUT2D eigenvalue weighted by Crippen LogP contribution is -2.28. The average molecular weight is 355 g/mol. The maximum Gasteiger partial charge on any atom is 0.0400 e. The number of rotatable bonds is 9. The van der Waals surface area contributed by atoms with Gasteiger partial charge in [-0.25, -0.2) is 0 Å². The molecule has 0 unspecified atom stereocenters. The summed E-state index contributed by atoms with van der Waals surface area (Å²) in [6, 6.07) is 6.61. The zero-order valence-electron chi connectivity index (χ0n) is 14.0. The summed E-state index contributed by atoms with van der Waals surface area (Å²) in [7, 11) is 0. The first kappa shape index (κ1) is 18.5. The van der Waals surface area contributed by atoms with Crippen molar-refractivity contribution in [2.45, 2.75) is 47.0 Å². The summed E-state index contributed by atoms with van der Waals surface area (Å²) in [5.41, 5.74) is 8.52. The quantitative estimate of drug-likeness (QED) is 0.686. The average Bonchev–Trinajstić information content (AvgIpc) is 2.40. The zero-order chi connectivity index (χ0) is 15.8. The molecular weight excluding hydrogens is 324 g/mol. The third kappa shape index (κ3) is 6.84. The molecule has 21 heavy (non-hydrogen) atoms. The maximum absolute atomic E-state index is 5.79. The van der Waals surface area contributed by atoms with Gasteiger partial charge in [0.05, 0.1) is 0 Å². The Labute approximate surface area is 139 Å². The third-order valence-electron chi connectivity index (χ3n) is 3.75. The van der Waals surface area contributed by atoms with Gasteiger partial charge in [-0.05, 0) is 61.4 Å². The van der Waals surface area contributed by atoms with Gasteiger partial charge in [0.15, 0.2) is 0 Å². The zero-order valence-corrected chi connectivity index (χ0v) is 15.6. The highest BCUT2D eigenvalue weighted by Crippen LogP contribution is 2.26. The molecule has 0 aliphatic carbocycles. The van der Waals surface area contributed by atoms with E-state index < -0.39 is 0 Å². The van der Waals surface area contributed by atoms with Crippen molar-refractivity contribution < 1.29 is 0 Å². The molecule has 3 heteroatoms. The standard InChI is InChI=1S/C18H31BrN2/c1-14(2)8-11-21(12-9-15(3)4)18-6-5-17(19)13-16(18)7-10-20/h5-6,13-15H,7-12,20H2,1-4H3. The van der Waals surface area contributed by atoms with Crippen LogP contribution in [0.4, 0.5) is 5.69 Å².